The van der Waals surface area contributed by atoms with E-state index in [1.165, 1.54) is 13.8 Å². The average Bonchev–Trinajstić information content (AvgIpc) is 2.50. The number of carboxylic acids is 1. The van der Waals surface area contributed by atoms with Gasteiger partial charge in [-0.05, 0) is 27.8 Å². The summed E-state index contributed by atoms with van der Waals surface area (Å²) in [6.07, 6.45) is 0. The monoisotopic (exact) mass is 332 g/mol. The molecule has 3 amide bonds. The van der Waals surface area contributed by atoms with E-state index in [1.54, 1.807) is 14.0 Å². The summed E-state index contributed by atoms with van der Waals surface area (Å²) in [5, 5.41) is 27.4. The molecule has 0 aromatic carbocycles. The molecule has 0 aromatic heterocycles. The predicted molar refractivity (Wildman–Crippen MR) is 80.4 cm³/mol. The molecular weight excluding hydrogens is 308 g/mol. The molecule has 10 heteroatoms. The highest BCUT2D eigenvalue weighted by Gasteiger charge is 2.26. The number of likely N-dealkylation sites (N-methyl/N-ethyl adjacent to an activating group) is 1. The zero-order valence-electron chi connectivity index (χ0n) is 13.5. The van der Waals surface area contributed by atoms with Gasteiger partial charge in [0, 0.05) is 0 Å². The number of aliphatic hydroxyl groups is 1. The summed E-state index contributed by atoms with van der Waals surface area (Å²) in [5.74, 6) is -3.15. The minimum atomic E-state index is -1.22. The second-order valence-electron chi connectivity index (χ2n) is 5.05. The first-order valence-corrected chi connectivity index (χ1v) is 7.06. The van der Waals surface area contributed by atoms with Crippen LogP contribution >= 0.6 is 0 Å². The highest BCUT2D eigenvalue weighted by Crippen LogP contribution is 1.92. The van der Waals surface area contributed by atoms with Crippen LogP contribution in [-0.4, -0.2) is 71.7 Å². The third-order valence-corrected chi connectivity index (χ3v) is 3.12. The van der Waals surface area contributed by atoms with Crippen molar-refractivity contribution in [1.82, 2.24) is 21.3 Å². The van der Waals surface area contributed by atoms with Gasteiger partial charge in [-0.1, -0.05) is 0 Å². The Bertz CT molecular complexity index is 456. The fraction of sp³-hybridized carbons (Fsp3) is 0.692. The second-order valence-corrected chi connectivity index (χ2v) is 5.05. The summed E-state index contributed by atoms with van der Waals surface area (Å²) in [6.45, 7) is 3.57. The zero-order valence-corrected chi connectivity index (χ0v) is 13.5. The normalized spacial score (nSPS) is 15.7. The Morgan fingerprint density at radius 3 is 1.74 bits per heavy atom. The zero-order chi connectivity index (χ0) is 18.2. The minimum Gasteiger partial charge on any atom is -0.480 e. The molecule has 0 heterocycles. The number of aliphatic carboxylic acids is 1. The Hall–Kier alpha value is -2.20. The first kappa shape index (κ1) is 20.8. The van der Waals surface area contributed by atoms with Crippen molar-refractivity contribution in [3.8, 4) is 0 Å². The van der Waals surface area contributed by atoms with E-state index in [4.69, 9.17) is 5.11 Å². The summed E-state index contributed by atoms with van der Waals surface area (Å²) in [4.78, 5) is 46.0. The van der Waals surface area contributed by atoms with Gasteiger partial charge in [0.25, 0.3) is 0 Å². The number of nitrogens with one attached hydrogen (secondary N) is 4. The molecule has 132 valence electrons. The fourth-order valence-corrected chi connectivity index (χ4v) is 1.40. The molecule has 0 spiro atoms. The van der Waals surface area contributed by atoms with E-state index < -0.39 is 54.5 Å². The van der Waals surface area contributed by atoms with Gasteiger partial charge in [0.05, 0.1) is 12.6 Å². The Morgan fingerprint density at radius 2 is 1.30 bits per heavy atom. The lowest BCUT2D eigenvalue weighted by molar-refractivity contribution is -0.141. The van der Waals surface area contributed by atoms with Gasteiger partial charge in [0.2, 0.25) is 17.7 Å². The molecule has 6 N–H and O–H groups in total. The lowest BCUT2D eigenvalue weighted by Crippen LogP contribution is -2.57. The lowest BCUT2D eigenvalue weighted by Gasteiger charge is -2.21. The molecule has 0 bridgehead atoms. The van der Waals surface area contributed by atoms with E-state index in [1.807, 2.05) is 0 Å². The van der Waals surface area contributed by atoms with Crippen LogP contribution in [0.2, 0.25) is 0 Å². The van der Waals surface area contributed by atoms with Gasteiger partial charge in [0.15, 0.2) is 0 Å². The molecule has 0 saturated heterocycles. The largest absolute Gasteiger partial charge is 0.480 e. The molecule has 0 aliphatic heterocycles. The highest BCUT2D eigenvalue weighted by molar-refractivity contribution is 5.93. The molecular formula is C13H24N4O6. The standard InChI is InChI=1S/C13H24N4O6/c1-6(14-4)10(19)17-9(5-18)12(21)15-7(2)11(20)16-8(3)13(22)23/h6-9,14,18H,5H2,1-4H3,(H,15,21)(H,16,20)(H,17,19)(H,22,23)/t6-,7-,8-,9-/m0/s1. The van der Waals surface area contributed by atoms with Crippen LogP contribution in [0, 0.1) is 0 Å². The van der Waals surface area contributed by atoms with Crippen LogP contribution < -0.4 is 21.3 Å². The molecule has 0 saturated carbocycles. The highest BCUT2D eigenvalue weighted by atomic mass is 16.4. The molecule has 0 fully saturated rings. The van der Waals surface area contributed by atoms with Crippen molar-refractivity contribution in [2.75, 3.05) is 13.7 Å². The van der Waals surface area contributed by atoms with Gasteiger partial charge < -0.3 is 31.5 Å². The Morgan fingerprint density at radius 1 is 0.826 bits per heavy atom. The van der Waals surface area contributed by atoms with Crippen LogP contribution in [-0.2, 0) is 19.2 Å². The first-order chi connectivity index (χ1) is 10.6. The average molecular weight is 332 g/mol. The topological polar surface area (TPSA) is 157 Å². The van der Waals surface area contributed by atoms with Crippen molar-refractivity contribution < 1.29 is 29.4 Å². The molecule has 0 aliphatic carbocycles. The van der Waals surface area contributed by atoms with Gasteiger partial charge in [0.1, 0.15) is 18.1 Å². The SMILES string of the molecule is CN[C@@H](C)C(=O)N[C@@H](CO)C(=O)N[C@@H](C)C(=O)N[C@@H](C)C(=O)O. The number of rotatable bonds is 9. The van der Waals surface area contributed by atoms with Crippen LogP contribution in [0.4, 0.5) is 0 Å². The van der Waals surface area contributed by atoms with Crippen molar-refractivity contribution in [3.05, 3.63) is 0 Å². The van der Waals surface area contributed by atoms with Gasteiger partial charge in [-0.25, -0.2) is 0 Å². The van der Waals surface area contributed by atoms with Crippen molar-refractivity contribution in [1.29, 1.82) is 0 Å². The van der Waals surface area contributed by atoms with Crippen LogP contribution in [0.1, 0.15) is 20.8 Å². The summed E-state index contributed by atoms with van der Waals surface area (Å²) < 4.78 is 0. The Labute approximate surface area is 134 Å². The van der Waals surface area contributed by atoms with E-state index in [0.717, 1.165) is 0 Å². The summed E-state index contributed by atoms with van der Waals surface area (Å²) in [7, 11) is 1.56. The third-order valence-electron chi connectivity index (χ3n) is 3.12. The Kier molecular flexibility index (Phi) is 8.81. The molecule has 0 unspecified atom stereocenters. The first-order valence-electron chi connectivity index (χ1n) is 7.06. The van der Waals surface area contributed by atoms with E-state index in [-0.39, 0.29) is 0 Å². The lowest BCUT2D eigenvalue weighted by atomic mass is 10.2. The summed E-state index contributed by atoms with van der Waals surface area (Å²) in [6, 6.07) is -3.91. The maximum atomic E-state index is 12.0. The van der Waals surface area contributed by atoms with Crippen molar-refractivity contribution in [3.63, 3.8) is 0 Å². The van der Waals surface area contributed by atoms with Gasteiger partial charge in [-0.3, -0.25) is 19.2 Å². The van der Waals surface area contributed by atoms with Gasteiger partial charge in [-0.15, -0.1) is 0 Å². The molecule has 4 atom stereocenters. The maximum Gasteiger partial charge on any atom is 0.325 e. The van der Waals surface area contributed by atoms with Crippen molar-refractivity contribution in [2.24, 2.45) is 0 Å². The van der Waals surface area contributed by atoms with E-state index >= 15 is 0 Å². The summed E-state index contributed by atoms with van der Waals surface area (Å²) in [5.41, 5.74) is 0. The maximum absolute atomic E-state index is 12.0. The van der Waals surface area contributed by atoms with E-state index in [0.29, 0.717) is 0 Å². The fourth-order valence-electron chi connectivity index (χ4n) is 1.40. The van der Waals surface area contributed by atoms with Gasteiger partial charge >= 0.3 is 5.97 Å². The molecule has 0 radical (unpaired) electrons. The molecule has 0 rings (SSSR count). The van der Waals surface area contributed by atoms with E-state index in [2.05, 4.69) is 21.3 Å². The smallest absolute Gasteiger partial charge is 0.325 e. The Balaban J connectivity index is 4.60. The predicted octanol–water partition coefficient (Wildman–Crippen LogP) is -2.83. The number of carbonyl (C=O) groups is 4. The van der Waals surface area contributed by atoms with Crippen LogP contribution in [0.25, 0.3) is 0 Å². The van der Waals surface area contributed by atoms with E-state index in [9.17, 15) is 24.3 Å². The van der Waals surface area contributed by atoms with Crippen molar-refractivity contribution >= 4 is 23.7 Å². The van der Waals surface area contributed by atoms with Crippen LogP contribution in [0.5, 0.6) is 0 Å². The molecule has 0 aliphatic rings. The molecule has 0 aromatic rings. The van der Waals surface area contributed by atoms with Crippen LogP contribution in [0.15, 0.2) is 0 Å². The number of hydrogen-bond acceptors (Lipinski definition) is 6. The van der Waals surface area contributed by atoms with Crippen molar-refractivity contribution in [2.45, 2.75) is 44.9 Å². The minimum absolute atomic E-state index is 0.488. The van der Waals surface area contributed by atoms with Gasteiger partial charge in [-0.2, -0.15) is 0 Å². The summed E-state index contributed by atoms with van der Waals surface area (Å²) >= 11 is 0. The quantitative estimate of drug-likeness (QED) is 0.265. The number of carbonyl (C=O) groups excluding carboxylic acids is 3. The van der Waals surface area contributed by atoms with Crippen LogP contribution in [0.3, 0.4) is 0 Å². The number of carboxylic acid groups (broad SMARTS) is 1. The second kappa shape index (κ2) is 9.74. The molecule has 10 nitrogen and oxygen atoms in total. The number of aliphatic hydroxyl groups excluding tert-OH is 1. The molecule has 23 heavy (non-hydrogen) atoms. The number of amides is 3. The third kappa shape index (κ3) is 7.06. The number of hydrogen-bond donors (Lipinski definition) is 6.